The van der Waals surface area contributed by atoms with E-state index in [0.717, 1.165) is 18.4 Å². The number of methoxy groups -OCH3 is 1. The third-order valence-corrected chi connectivity index (χ3v) is 5.30. The molecule has 1 amide bonds. The average molecular weight is 320 g/mol. The largest absolute Gasteiger partial charge is 0.469 e. The van der Waals surface area contributed by atoms with Crippen LogP contribution < -0.4 is 0 Å². The molecular weight excluding hydrogens is 296 g/mol. The zero-order chi connectivity index (χ0) is 16.6. The molecule has 4 atom stereocenters. The minimum atomic E-state index is -0.347. The van der Waals surface area contributed by atoms with Crippen molar-refractivity contribution >= 4 is 12.1 Å². The van der Waals surface area contributed by atoms with Gasteiger partial charge in [0.2, 0.25) is 0 Å². The molecular formula is C17H24N2O4. The quantitative estimate of drug-likeness (QED) is 0.742. The minimum Gasteiger partial charge on any atom is -0.469 e. The van der Waals surface area contributed by atoms with Crippen LogP contribution in [0.3, 0.4) is 0 Å². The number of amides is 1. The number of esters is 1. The monoisotopic (exact) mass is 320 g/mol. The predicted molar refractivity (Wildman–Crippen MR) is 84.5 cm³/mol. The minimum absolute atomic E-state index is 0.0691. The zero-order valence-electron chi connectivity index (χ0n) is 13.9. The second-order valence-electron chi connectivity index (χ2n) is 6.33. The van der Waals surface area contributed by atoms with Gasteiger partial charge in [-0.05, 0) is 32.4 Å². The van der Waals surface area contributed by atoms with Crippen molar-refractivity contribution in [3.63, 3.8) is 0 Å². The molecule has 0 radical (unpaired) electrons. The molecule has 3 aliphatic rings. The summed E-state index contributed by atoms with van der Waals surface area (Å²) in [6.45, 7) is 2.65. The molecule has 126 valence electrons. The lowest BCUT2D eigenvalue weighted by Crippen LogP contribution is -2.37. The van der Waals surface area contributed by atoms with Crippen molar-refractivity contribution in [2.24, 2.45) is 11.8 Å². The Hall–Kier alpha value is -1.82. The van der Waals surface area contributed by atoms with Gasteiger partial charge >= 0.3 is 12.1 Å². The van der Waals surface area contributed by atoms with Crippen LogP contribution in [-0.4, -0.2) is 61.3 Å². The van der Waals surface area contributed by atoms with Crippen molar-refractivity contribution in [2.75, 3.05) is 27.3 Å². The lowest BCUT2D eigenvalue weighted by atomic mass is 9.75. The highest BCUT2D eigenvalue weighted by molar-refractivity contribution is 5.76. The Morgan fingerprint density at radius 3 is 2.74 bits per heavy atom. The summed E-state index contributed by atoms with van der Waals surface area (Å²) < 4.78 is 10.1. The van der Waals surface area contributed by atoms with Gasteiger partial charge in [-0.25, -0.2) is 4.79 Å². The number of fused-ring (bicyclic) bond motifs is 2. The Labute approximate surface area is 136 Å². The summed E-state index contributed by atoms with van der Waals surface area (Å²) in [4.78, 5) is 28.2. The number of rotatable bonds is 3. The lowest BCUT2D eigenvalue weighted by Gasteiger charge is -2.31. The van der Waals surface area contributed by atoms with Crippen LogP contribution >= 0.6 is 0 Å². The van der Waals surface area contributed by atoms with E-state index in [-0.39, 0.29) is 29.9 Å². The summed E-state index contributed by atoms with van der Waals surface area (Å²) >= 11 is 0. The van der Waals surface area contributed by atoms with Crippen molar-refractivity contribution in [1.82, 2.24) is 9.80 Å². The highest BCUT2D eigenvalue weighted by Gasteiger charge is 2.55. The summed E-state index contributed by atoms with van der Waals surface area (Å²) in [5, 5.41) is 0. The van der Waals surface area contributed by atoms with Crippen LogP contribution in [0, 0.1) is 11.8 Å². The first-order valence-electron chi connectivity index (χ1n) is 8.19. The lowest BCUT2D eigenvalue weighted by molar-refractivity contribution is -0.147. The third kappa shape index (κ3) is 2.65. The zero-order valence-corrected chi connectivity index (χ0v) is 13.9. The van der Waals surface area contributed by atoms with Crippen LogP contribution in [0.4, 0.5) is 4.79 Å². The predicted octanol–water partition coefficient (Wildman–Crippen LogP) is 1.78. The molecule has 4 unspecified atom stereocenters. The summed E-state index contributed by atoms with van der Waals surface area (Å²) in [7, 11) is 3.52. The van der Waals surface area contributed by atoms with E-state index >= 15 is 0 Å². The van der Waals surface area contributed by atoms with Crippen molar-refractivity contribution in [2.45, 2.75) is 31.8 Å². The SMILES string of the molecule is CCOC(=O)N1C=C(C2C(C(=O)OC)C3CCC2N3C)C=CC1. The molecule has 23 heavy (non-hydrogen) atoms. The first kappa shape index (κ1) is 16.1. The molecule has 0 aromatic carbocycles. The molecule has 0 aromatic rings. The molecule has 6 heteroatoms. The molecule has 0 aromatic heterocycles. The fourth-order valence-electron chi connectivity index (χ4n) is 4.32. The first-order valence-corrected chi connectivity index (χ1v) is 8.19. The average Bonchev–Trinajstić information content (AvgIpc) is 3.07. The van der Waals surface area contributed by atoms with Gasteiger partial charge < -0.3 is 9.47 Å². The van der Waals surface area contributed by atoms with Gasteiger partial charge in [0.05, 0.1) is 19.6 Å². The smallest absolute Gasteiger partial charge is 0.414 e. The van der Waals surface area contributed by atoms with E-state index in [1.807, 2.05) is 18.4 Å². The van der Waals surface area contributed by atoms with Crippen molar-refractivity contribution in [3.8, 4) is 0 Å². The van der Waals surface area contributed by atoms with E-state index in [2.05, 4.69) is 11.9 Å². The number of nitrogens with zero attached hydrogens (tertiary/aromatic N) is 2. The molecule has 3 heterocycles. The van der Waals surface area contributed by atoms with Crippen LogP contribution in [0.1, 0.15) is 19.8 Å². The van der Waals surface area contributed by atoms with Gasteiger partial charge in [-0.15, -0.1) is 0 Å². The van der Waals surface area contributed by atoms with Crippen LogP contribution in [0.25, 0.3) is 0 Å². The summed E-state index contributed by atoms with van der Waals surface area (Å²) in [6.07, 6.45) is 7.57. The Bertz CT molecular complexity index is 557. The Morgan fingerprint density at radius 1 is 1.30 bits per heavy atom. The third-order valence-electron chi connectivity index (χ3n) is 5.30. The van der Waals surface area contributed by atoms with Gasteiger partial charge in [0.15, 0.2) is 0 Å². The Kier molecular flexibility index (Phi) is 4.43. The van der Waals surface area contributed by atoms with Gasteiger partial charge in [0, 0.05) is 30.7 Å². The molecule has 3 rings (SSSR count). The maximum atomic E-state index is 12.3. The number of hydrogen-bond donors (Lipinski definition) is 0. The van der Waals surface area contributed by atoms with Gasteiger partial charge in [-0.2, -0.15) is 0 Å². The molecule has 0 aliphatic carbocycles. The standard InChI is InChI=1S/C17H24N2O4/c1-4-23-17(21)19-9-5-6-11(10-19)14-12-7-8-13(18(12)2)15(14)16(20)22-3/h5-6,10,12-15H,4,7-9H2,1-3H3. The number of allylic oxidation sites excluding steroid dienone is 1. The topological polar surface area (TPSA) is 59.1 Å². The van der Waals surface area contributed by atoms with Crippen LogP contribution in [0.15, 0.2) is 23.9 Å². The van der Waals surface area contributed by atoms with E-state index < -0.39 is 0 Å². The number of hydrogen-bond acceptors (Lipinski definition) is 5. The van der Waals surface area contributed by atoms with E-state index in [1.54, 1.807) is 11.8 Å². The molecule has 0 saturated carbocycles. The number of ether oxygens (including phenoxy) is 2. The van der Waals surface area contributed by atoms with Crippen molar-refractivity contribution < 1.29 is 19.1 Å². The van der Waals surface area contributed by atoms with Gasteiger partial charge in [-0.3, -0.25) is 14.6 Å². The number of carbonyl (C=O) groups excluding carboxylic acids is 2. The molecule has 2 bridgehead atoms. The molecule has 6 nitrogen and oxygen atoms in total. The van der Waals surface area contributed by atoms with E-state index in [9.17, 15) is 9.59 Å². The van der Waals surface area contributed by atoms with E-state index in [4.69, 9.17) is 9.47 Å². The Morgan fingerprint density at radius 2 is 2.04 bits per heavy atom. The molecule has 0 N–H and O–H groups in total. The molecule has 2 fully saturated rings. The van der Waals surface area contributed by atoms with Crippen LogP contribution in [0.2, 0.25) is 0 Å². The second kappa shape index (κ2) is 6.35. The maximum absolute atomic E-state index is 12.3. The normalized spacial score (nSPS) is 32.8. The van der Waals surface area contributed by atoms with Gasteiger partial charge in [-0.1, -0.05) is 12.2 Å². The van der Waals surface area contributed by atoms with E-state index in [1.165, 1.54) is 7.11 Å². The Balaban J connectivity index is 1.87. The molecule has 0 spiro atoms. The van der Waals surface area contributed by atoms with E-state index in [0.29, 0.717) is 19.2 Å². The van der Waals surface area contributed by atoms with Crippen molar-refractivity contribution in [3.05, 3.63) is 23.9 Å². The van der Waals surface area contributed by atoms with Crippen molar-refractivity contribution in [1.29, 1.82) is 0 Å². The van der Waals surface area contributed by atoms with Crippen LogP contribution in [0.5, 0.6) is 0 Å². The summed E-state index contributed by atoms with van der Waals surface area (Å²) in [5.41, 5.74) is 1.01. The molecule has 3 aliphatic heterocycles. The summed E-state index contributed by atoms with van der Waals surface area (Å²) in [6, 6.07) is 0.548. The fourth-order valence-corrected chi connectivity index (χ4v) is 4.32. The number of carbonyl (C=O) groups is 2. The maximum Gasteiger partial charge on any atom is 0.414 e. The second-order valence-corrected chi connectivity index (χ2v) is 6.33. The molecule has 2 saturated heterocycles. The highest BCUT2D eigenvalue weighted by Crippen LogP contribution is 2.49. The first-order chi connectivity index (χ1) is 11.1. The fraction of sp³-hybridized carbons (Fsp3) is 0.647. The summed E-state index contributed by atoms with van der Waals surface area (Å²) in [5.74, 6) is -0.252. The van der Waals surface area contributed by atoms with Gasteiger partial charge in [0.25, 0.3) is 0 Å². The van der Waals surface area contributed by atoms with Gasteiger partial charge in [0.1, 0.15) is 0 Å². The van der Waals surface area contributed by atoms with Crippen LogP contribution in [-0.2, 0) is 14.3 Å². The highest BCUT2D eigenvalue weighted by atomic mass is 16.6.